The van der Waals surface area contributed by atoms with Gasteiger partial charge >= 0.3 is 17.9 Å². The number of carbonyl (C=O) groups is 3. The normalized spacial score (nSPS) is 8.18. The Labute approximate surface area is 99.5 Å². The lowest BCUT2D eigenvalue weighted by molar-refractivity contribution is -0.143. The summed E-state index contributed by atoms with van der Waals surface area (Å²) in [4.78, 5) is 30.8. The van der Waals surface area contributed by atoms with Crippen molar-refractivity contribution in [2.45, 2.75) is 13.3 Å². The third-order valence-electron chi connectivity index (χ3n) is 1.42. The van der Waals surface area contributed by atoms with E-state index in [0.717, 1.165) is 0 Å². The van der Waals surface area contributed by atoms with Crippen molar-refractivity contribution >= 4 is 17.9 Å². The highest BCUT2D eigenvalue weighted by atomic mass is 16.5. The first kappa shape index (κ1) is 17.3. The van der Waals surface area contributed by atoms with E-state index in [-0.39, 0.29) is 17.6 Å². The van der Waals surface area contributed by atoms with E-state index in [9.17, 15) is 14.4 Å². The molecule has 6 heteroatoms. The van der Waals surface area contributed by atoms with Gasteiger partial charge in [0.1, 0.15) is 0 Å². The first-order chi connectivity index (χ1) is 7.76. The molecule has 0 aromatic rings. The summed E-state index contributed by atoms with van der Waals surface area (Å²) < 4.78 is 8.62. The lowest BCUT2D eigenvalue weighted by Gasteiger charge is -2.00. The second-order valence-electron chi connectivity index (χ2n) is 2.93. The Morgan fingerprint density at radius 3 is 1.76 bits per heavy atom. The van der Waals surface area contributed by atoms with Crippen LogP contribution in [0.5, 0.6) is 0 Å². The Kier molecular flexibility index (Phi) is 9.30. The first-order valence-corrected chi connectivity index (χ1v) is 4.47. The van der Waals surface area contributed by atoms with E-state index in [2.05, 4.69) is 22.6 Å². The zero-order valence-corrected chi connectivity index (χ0v) is 10.1. The van der Waals surface area contributed by atoms with Gasteiger partial charge in [-0.1, -0.05) is 13.2 Å². The van der Waals surface area contributed by atoms with Crippen LogP contribution in [0.2, 0.25) is 0 Å². The number of esters is 2. The standard InChI is InChI=1S/C7H10O4.C4H6O2/c1-5(7(9)11-3)4-6(8)10-2;1-3(2)4(5)6/h1,4H2,2-3H3;1H2,2H3,(H,5,6). The number of carboxylic acids is 1. The van der Waals surface area contributed by atoms with Gasteiger partial charge in [0, 0.05) is 11.1 Å². The number of hydrogen-bond donors (Lipinski definition) is 1. The third kappa shape index (κ3) is 10.2. The Morgan fingerprint density at radius 2 is 1.53 bits per heavy atom. The number of hydrogen-bond acceptors (Lipinski definition) is 5. The molecule has 96 valence electrons. The Balaban J connectivity index is 0. The number of ether oxygens (including phenoxy) is 2. The number of rotatable bonds is 4. The van der Waals surface area contributed by atoms with Gasteiger partial charge in [-0.15, -0.1) is 0 Å². The molecule has 0 unspecified atom stereocenters. The van der Waals surface area contributed by atoms with Gasteiger partial charge in [-0.3, -0.25) is 4.79 Å². The molecular formula is C11H16O6. The van der Waals surface area contributed by atoms with Crippen LogP contribution in [0.25, 0.3) is 0 Å². The maximum atomic E-state index is 10.6. The fourth-order valence-electron chi connectivity index (χ4n) is 0.463. The van der Waals surface area contributed by atoms with Crippen LogP contribution in [0.4, 0.5) is 0 Å². The van der Waals surface area contributed by atoms with Crippen molar-refractivity contribution in [1.29, 1.82) is 0 Å². The minimum atomic E-state index is -0.935. The largest absolute Gasteiger partial charge is 0.478 e. The molecule has 0 aliphatic rings. The Morgan fingerprint density at radius 1 is 1.12 bits per heavy atom. The fourth-order valence-corrected chi connectivity index (χ4v) is 0.463. The summed E-state index contributed by atoms with van der Waals surface area (Å²) in [5.41, 5.74) is 0.273. The molecule has 0 aliphatic heterocycles. The van der Waals surface area contributed by atoms with Crippen LogP contribution in [0, 0.1) is 0 Å². The number of carbonyl (C=O) groups excluding carboxylic acids is 2. The van der Waals surface area contributed by atoms with E-state index in [1.54, 1.807) is 0 Å². The van der Waals surface area contributed by atoms with Crippen molar-refractivity contribution in [3.63, 3.8) is 0 Å². The van der Waals surface area contributed by atoms with Gasteiger partial charge in [-0.2, -0.15) is 0 Å². The van der Waals surface area contributed by atoms with Gasteiger partial charge in [0.2, 0.25) is 0 Å². The predicted molar refractivity (Wildman–Crippen MR) is 60.2 cm³/mol. The van der Waals surface area contributed by atoms with Crippen LogP contribution in [0.3, 0.4) is 0 Å². The lowest BCUT2D eigenvalue weighted by Crippen LogP contribution is -2.09. The van der Waals surface area contributed by atoms with Gasteiger partial charge in [0.25, 0.3) is 0 Å². The van der Waals surface area contributed by atoms with E-state index >= 15 is 0 Å². The van der Waals surface area contributed by atoms with E-state index < -0.39 is 17.9 Å². The van der Waals surface area contributed by atoms with Crippen LogP contribution in [0.1, 0.15) is 13.3 Å². The van der Waals surface area contributed by atoms with Crippen molar-refractivity contribution < 1.29 is 29.0 Å². The minimum absolute atomic E-state index is 0.0966. The molecule has 0 rings (SSSR count). The molecule has 0 aromatic heterocycles. The maximum Gasteiger partial charge on any atom is 0.333 e. The van der Waals surface area contributed by atoms with Crippen LogP contribution in [-0.2, 0) is 23.9 Å². The van der Waals surface area contributed by atoms with Crippen LogP contribution < -0.4 is 0 Å². The van der Waals surface area contributed by atoms with Crippen molar-refractivity contribution in [2.75, 3.05) is 14.2 Å². The van der Waals surface area contributed by atoms with Crippen molar-refractivity contribution in [2.24, 2.45) is 0 Å². The van der Waals surface area contributed by atoms with Gasteiger partial charge in [0.15, 0.2) is 0 Å². The van der Waals surface area contributed by atoms with Crippen LogP contribution in [-0.4, -0.2) is 37.2 Å². The number of methoxy groups -OCH3 is 2. The zero-order chi connectivity index (χ0) is 14.0. The molecule has 6 nitrogen and oxygen atoms in total. The highest BCUT2D eigenvalue weighted by Gasteiger charge is 2.11. The molecule has 0 fully saturated rings. The van der Waals surface area contributed by atoms with E-state index in [1.165, 1.54) is 21.1 Å². The third-order valence-corrected chi connectivity index (χ3v) is 1.42. The quantitative estimate of drug-likeness (QED) is 0.584. The predicted octanol–water partition coefficient (Wildman–Crippen LogP) is 0.926. The van der Waals surface area contributed by atoms with Crippen molar-refractivity contribution in [3.05, 3.63) is 24.3 Å². The van der Waals surface area contributed by atoms with Gasteiger partial charge in [0.05, 0.1) is 20.6 Å². The molecule has 0 amide bonds. The summed E-state index contributed by atoms with van der Waals surface area (Å²) in [6, 6.07) is 0. The molecule has 0 aromatic carbocycles. The maximum absolute atomic E-state index is 10.6. The monoisotopic (exact) mass is 244 g/mol. The highest BCUT2D eigenvalue weighted by Crippen LogP contribution is 2.00. The summed E-state index contributed by atoms with van der Waals surface area (Å²) in [6.45, 7) is 7.94. The van der Waals surface area contributed by atoms with Crippen molar-refractivity contribution in [3.8, 4) is 0 Å². The average Bonchev–Trinajstić information content (AvgIpc) is 2.28. The average molecular weight is 244 g/mol. The smallest absolute Gasteiger partial charge is 0.333 e. The molecule has 0 bridgehead atoms. The zero-order valence-electron chi connectivity index (χ0n) is 10.1. The first-order valence-electron chi connectivity index (χ1n) is 4.47. The molecule has 0 heterocycles. The molecule has 0 aliphatic carbocycles. The Bertz CT molecular complexity index is 317. The van der Waals surface area contributed by atoms with Crippen LogP contribution >= 0.6 is 0 Å². The molecule has 0 atom stereocenters. The van der Waals surface area contributed by atoms with Crippen molar-refractivity contribution in [1.82, 2.24) is 0 Å². The summed E-state index contributed by atoms with van der Waals surface area (Å²) in [7, 11) is 2.47. The molecule has 1 N–H and O–H groups in total. The molecule has 0 saturated heterocycles. The summed E-state index contributed by atoms with van der Waals surface area (Å²) >= 11 is 0. The highest BCUT2D eigenvalue weighted by molar-refractivity contribution is 5.93. The lowest BCUT2D eigenvalue weighted by atomic mass is 10.2. The number of aliphatic carboxylic acids is 1. The SMILES string of the molecule is C=C(C)C(=O)O.C=C(CC(=O)OC)C(=O)OC. The molecular weight excluding hydrogens is 228 g/mol. The molecule has 0 radical (unpaired) electrons. The minimum Gasteiger partial charge on any atom is -0.478 e. The molecule has 0 saturated carbocycles. The summed E-state index contributed by atoms with van der Waals surface area (Å²) in [5, 5.41) is 7.89. The second-order valence-corrected chi connectivity index (χ2v) is 2.93. The summed E-state index contributed by atoms with van der Waals surface area (Å²) in [6.07, 6.45) is -0.122. The molecule has 17 heavy (non-hydrogen) atoms. The van der Waals surface area contributed by atoms with Gasteiger partial charge < -0.3 is 14.6 Å². The van der Waals surface area contributed by atoms with Gasteiger partial charge in [-0.05, 0) is 6.92 Å². The second kappa shape index (κ2) is 9.14. The molecule has 0 spiro atoms. The number of carboxylic acid groups (broad SMARTS) is 1. The van der Waals surface area contributed by atoms with E-state index in [1.807, 2.05) is 0 Å². The van der Waals surface area contributed by atoms with E-state index in [4.69, 9.17) is 5.11 Å². The van der Waals surface area contributed by atoms with Crippen LogP contribution in [0.15, 0.2) is 24.3 Å². The topological polar surface area (TPSA) is 89.9 Å². The summed E-state index contributed by atoms with van der Waals surface area (Å²) in [5.74, 6) is -2.02. The van der Waals surface area contributed by atoms with Gasteiger partial charge in [-0.25, -0.2) is 9.59 Å². The Hall–Kier alpha value is -2.11. The fraction of sp³-hybridized carbons (Fsp3) is 0.364. The van der Waals surface area contributed by atoms with E-state index in [0.29, 0.717) is 0 Å².